The SMILES string of the molecule is CC(C)(C)c1ccc2c(c1)c1ccc(Oc3ccc4c(c3)c3nc5ccccc5n3c3nccnc43)cc1c1nc3ccccc3n21. The van der Waals surface area contributed by atoms with Crippen molar-refractivity contribution in [3.8, 4) is 11.5 Å². The summed E-state index contributed by atoms with van der Waals surface area (Å²) in [6.07, 6.45) is 3.46. The van der Waals surface area contributed by atoms with E-state index in [-0.39, 0.29) is 5.41 Å². The van der Waals surface area contributed by atoms with E-state index in [0.29, 0.717) is 0 Å². The quantitative estimate of drug-likeness (QED) is 0.183. The lowest BCUT2D eigenvalue weighted by Gasteiger charge is -2.20. The Bertz CT molecular complexity index is 2930. The Balaban J connectivity index is 1.20. The molecule has 7 nitrogen and oxygen atoms in total. The minimum Gasteiger partial charge on any atom is -0.457 e. The Labute approximate surface area is 268 Å². The molecule has 0 N–H and O–H groups in total. The minimum atomic E-state index is 0.0225. The molecular weight excluding hydrogens is 580 g/mol. The first-order valence-electron chi connectivity index (χ1n) is 15.8. The van der Waals surface area contributed by atoms with Gasteiger partial charge < -0.3 is 4.74 Å². The molecule has 10 aromatic rings. The third-order valence-electron chi connectivity index (χ3n) is 9.36. The zero-order valence-corrected chi connectivity index (χ0v) is 26.1. The van der Waals surface area contributed by atoms with E-state index in [1.165, 1.54) is 10.9 Å². The van der Waals surface area contributed by atoms with E-state index in [2.05, 4.69) is 102 Å². The predicted molar refractivity (Wildman–Crippen MR) is 190 cm³/mol. The van der Waals surface area contributed by atoms with Gasteiger partial charge in [0.1, 0.15) is 28.3 Å². The Morgan fingerprint density at radius 3 is 1.85 bits per heavy atom. The number of hydrogen-bond donors (Lipinski definition) is 0. The van der Waals surface area contributed by atoms with Crippen molar-refractivity contribution < 1.29 is 4.74 Å². The summed E-state index contributed by atoms with van der Waals surface area (Å²) < 4.78 is 11.0. The molecule has 5 aromatic carbocycles. The summed E-state index contributed by atoms with van der Waals surface area (Å²) in [4.78, 5) is 19.6. The van der Waals surface area contributed by atoms with Crippen molar-refractivity contribution in [2.45, 2.75) is 26.2 Å². The van der Waals surface area contributed by atoms with Gasteiger partial charge in [0.2, 0.25) is 0 Å². The highest BCUT2D eigenvalue weighted by atomic mass is 16.5. The first kappa shape index (κ1) is 26.2. The van der Waals surface area contributed by atoms with Crippen molar-refractivity contribution in [3.05, 3.63) is 121 Å². The van der Waals surface area contributed by atoms with Crippen LogP contribution in [-0.2, 0) is 5.41 Å². The van der Waals surface area contributed by atoms with E-state index in [4.69, 9.17) is 24.7 Å². The first-order chi connectivity index (χ1) is 22.9. The predicted octanol–water partition coefficient (Wildman–Crippen LogP) is 9.78. The molecule has 0 fully saturated rings. The van der Waals surface area contributed by atoms with Crippen LogP contribution in [0.1, 0.15) is 26.3 Å². The van der Waals surface area contributed by atoms with Gasteiger partial charge in [-0.05, 0) is 89.2 Å². The number of benzene rings is 5. The fraction of sp³-hybridized carbons (Fsp3) is 0.100. The van der Waals surface area contributed by atoms with Crippen molar-refractivity contribution in [3.63, 3.8) is 0 Å². The monoisotopic (exact) mass is 608 g/mol. The summed E-state index contributed by atoms with van der Waals surface area (Å²) in [5.74, 6) is 1.46. The highest BCUT2D eigenvalue weighted by Gasteiger charge is 2.20. The third-order valence-corrected chi connectivity index (χ3v) is 9.36. The van der Waals surface area contributed by atoms with E-state index in [1.54, 1.807) is 12.4 Å². The van der Waals surface area contributed by atoms with E-state index < -0.39 is 0 Å². The lowest BCUT2D eigenvalue weighted by Crippen LogP contribution is -2.10. The fourth-order valence-corrected chi connectivity index (χ4v) is 7.09. The summed E-state index contributed by atoms with van der Waals surface area (Å²) in [7, 11) is 0. The molecular formula is C40H28N6O. The number of pyridine rings is 2. The standard InChI is InChI=1S/C40H28N6O/c1-40(2,3)23-12-17-33-28(20-23)26-15-13-24(21-29(26)37-43-31-8-4-6-10-34(31)45(33)37)47-25-14-16-27-30(22-25)38-44-32-9-5-7-11-35(32)46(38)39-36(27)41-18-19-42-39/h4-22H,1-3H3. The van der Waals surface area contributed by atoms with Crippen LogP contribution in [0.15, 0.2) is 116 Å². The zero-order valence-electron chi connectivity index (χ0n) is 26.1. The number of aromatic nitrogens is 6. The molecule has 0 bridgehead atoms. The van der Waals surface area contributed by atoms with E-state index in [1.807, 2.05) is 30.3 Å². The second-order valence-electron chi connectivity index (χ2n) is 13.2. The van der Waals surface area contributed by atoms with E-state index >= 15 is 0 Å². The van der Waals surface area contributed by atoms with Crippen LogP contribution in [-0.4, -0.2) is 28.7 Å². The smallest absolute Gasteiger partial charge is 0.165 e. The van der Waals surface area contributed by atoms with Crippen LogP contribution in [0.4, 0.5) is 0 Å². The Kier molecular flexibility index (Phi) is 5.14. The number of imidazole rings is 2. The minimum absolute atomic E-state index is 0.0225. The molecule has 0 atom stereocenters. The topological polar surface area (TPSA) is 69.6 Å². The molecule has 0 aliphatic rings. The van der Waals surface area contributed by atoms with Crippen LogP contribution >= 0.6 is 0 Å². The highest BCUT2D eigenvalue weighted by molar-refractivity contribution is 6.15. The van der Waals surface area contributed by atoms with Gasteiger partial charge in [0.15, 0.2) is 5.65 Å². The van der Waals surface area contributed by atoms with Crippen molar-refractivity contribution in [1.82, 2.24) is 28.7 Å². The first-order valence-corrected chi connectivity index (χ1v) is 15.8. The number of nitrogens with zero attached hydrogens (tertiary/aromatic N) is 6. The lowest BCUT2D eigenvalue weighted by atomic mass is 9.86. The van der Waals surface area contributed by atoms with Crippen LogP contribution in [0, 0.1) is 0 Å². The van der Waals surface area contributed by atoms with Crippen molar-refractivity contribution >= 4 is 77.0 Å². The molecule has 224 valence electrons. The molecule has 10 rings (SSSR count). The molecule has 47 heavy (non-hydrogen) atoms. The zero-order chi connectivity index (χ0) is 31.4. The maximum atomic E-state index is 6.63. The number of fused-ring (bicyclic) bond motifs is 16. The largest absolute Gasteiger partial charge is 0.457 e. The van der Waals surface area contributed by atoms with Crippen molar-refractivity contribution in [2.24, 2.45) is 0 Å². The van der Waals surface area contributed by atoms with Gasteiger partial charge in [0.05, 0.1) is 27.6 Å². The van der Waals surface area contributed by atoms with Gasteiger partial charge in [-0.2, -0.15) is 0 Å². The number of hydrogen-bond acceptors (Lipinski definition) is 5. The van der Waals surface area contributed by atoms with Gasteiger partial charge in [0, 0.05) is 33.9 Å². The Morgan fingerprint density at radius 1 is 0.511 bits per heavy atom. The molecule has 0 spiro atoms. The Hall–Kier alpha value is -6.08. The second kappa shape index (κ2) is 9.23. The molecule has 5 heterocycles. The molecule has 0 radical (unpaired) electrons. The molecule has 0 unspecified atom stereocenters. The number of ether oxygens (including phenoxy) is 1. The van der Waals surface area contributed by atoms with Gasteiger partial charge in [-0.1, -0.05) is 51.1 Å². The molecule has 0 aliphatic carbocycles. The van der Waals surface area contributed by atoms with Gasteiger partial charge >= 0.3 is 0 Å². The number of para-hydroxylation sites is 4. The molecule has 7 heteroatoms. The average Bonchev–Trinajstić information content (AvgIpc) is 3.68. The van der Waals surface area contributed by atoms with E-state index in [0.717, 1.165) is 83.1 Å². The third kappa shape index (κ3) is 3.74. The normalized spacial score (nSPS) is 12.6. The van der Waals surface area contributed by atoms with Crippen LogP contribution in [0.5, 0.6) is 11.5 Å². The van der Waals surface area contributed by atoms with Crippen LogP contribution in [0.3, 0.4) is 0 Å². The fourth-order valence-electron chi connectivity index (χ4n) is 7.09. The van der Waals surface area contributed by atoms with Gasteiger partial charge in [-0.3, -0.25) is 13.8 Å². The van der Waals surface area contributed by atoms with Crippen LogP contribution in [0.25, 0.3) is 77.0 Å². The molecule has 0 saturated heterocycles. The molecule has 0 amide bonds. The number of rotatable bonds is 2. The van der Waals surface area contributed by atoms with Gasteiger partial charge in [-0.25, -0.2) is 15.0 Å². The Morgan fingerprint density at radius 2 is 1.13 bits per heavy atom. The van der Waals surface area contributed by atoms with Crippen LogP contribution in [0.2, 0.25) is 0 Å². The van der Waals surface area contributed by atoms with E-state index in [9.17, 15) is 0 Å². The summed E-state index contributed by atoms with van der Waals surface area (Å²) in [5, 5.41) is 5.32. The second-order valence-corrected chi connectivity index (χ2v) is 13.2. The maximum Gasteiger partial charge on any atom is 0.165 e. The summed E-state index contributed by atoms with van der Waals surface area (Å²) in [6, 6.07) is 35.7. The van der Waals surface area contributed by atoms with Gasteiger partial charge in [-0.15, -0.1) is 0 Å². The van der Waals surface area contributed by atoms with Gasteiger partial charge in [0.25, 0.3) is 0 Å². The maximum absolute atomic E-state index is 6.63. The highest BCUT2D eigenvalue weighted by Crippen LogP contribution is 2.38. The molecule has 5 aromatic heterocycles. The van der Waals surface area contributed by atoms with Crippen molar-refractivity contribution in [1.29, 1.82) is 0 Å². The van der Waals surface area contributed by atoms with Crippen LogP contribution < -0.4 is 4.74 Å². The molecule has 0 aliphatic heterocycles. The van der Waals surface area contributed by atoms with Crippen molar-refractivity contribution in [2.75, 3.05) is 0 Å². The summed E-state index contributed by atoms with van der Waals surface area (Å²) in [6.45, 7) is 6.77. The molecule has 0 saturated carbocycles. The summed E-state index contributed by atoms with van der Waals surface area (Å²) in [5.41, 5.74) is 9.76. The lowest BCUT2D eigenvalue weighted by molar-refractivity contribution is 0.484. The average molecular weight is 609 g/mol. The summed E-state index contributed by atoms with van der Waals surface area (Å²) >= 11 is 0.